The van der Waals surface area contributed by atoms with Crippen LogP contribution in [0.2, 0.25) is 0 Å². The van der Waals surface area contributed by atoms with Crippen molar-refractivity contribution in [3.63, 3.8) is 0 Å². The van der Waals surface area contributed by atoms with Gasteiger partial charge in [-0.1, -0.05) is 25.1 Å². The van der Waals surface area contributed by atoms with Crippen molar-refractivity contribution in [3.05, 3.63) is 36.2 Å². The number of rotatable bonds is 2. The zero-order valence-electron chi connectivity index (χ0n) is 13.2. The monoisotopic (exact) mass is 312 g/mol. The molecule has 114 valence electrons. The van der Waals surface area contributed by atoms with Crippen LogP contribution in [0.25, 0.3) is 11.3 Å². The summed E-state index contributed by atoms with van der Waals surface area (Å²) in [6, 6.07) is 8.45. The molecule has 0 bridgehead atoms. The van der Waals surface area contributed by atoms with Crippen molar-refractivity contribution >= 4 is 23.4 Å². The Balaban J connectivity index is 2.15. The highest BCUT2D eigenvalue weighted by Crippen LogP contribution is 2.38. The van der Waals surface area contributed by atoms with Crippen LogP contribution in [0.5, 0.6) is 0 Å². The zero-order chi connectivity index (χ0) is 15.5. The molecule has 2 aromatic rings. The van der Waals surface area contributed by atoms with Crippen LogP contribution in [0.1, 0.15) is 18.9 Å². The number of nitrogens with zero attached hydrogens (tertiary/aromatic N) is 4. The van der Waals surface area contributed by atoms with E-state index in [0.717, 1.165) is 41.5 Å². The molecule has 22 heavy (non-hydrogen) atoms. The van der Waals surface area contributed by atoms with Crippen LogP contribution >= 0.6 is 11.8 Å². The first kappa shape index (κ1) is 15.0. The summed E-state index contributed by atoms with van der Waals surface area (Å²) in [4.78, 5) is 17.1. The third kappa shape index (κ3) is 2.86. The van der Waals surface area contributed by atoms with Crippen molar-refractivity contribution in [3.8, 4) is 11.3 Å². The maximum Gasteiger partial charge on any atom is 0.161 e. The van der Waals surface area contributed by atoms with E-state index in [0.29, 0.717) is 0 Å². The van der Waals surface area contributed by atoms with Gasteiger partial charge in [0.1, 0.15) is 12.2 Å². The van der Waals surface area contributed by atoms with E-state index >= 15 is 0 Å². The van der Waals surface area contributed by atoms with Crippen LogP contribution in [-0.4, -0.2) is 40.6 Å². The zero-order valence-corrected chi connectivity index (χ0v) is 14.0. The van der Waals surface area contributed by atoms with E-state index in [2.05, 4.69) is 41.2 Å². The van der Waals surface area contributed by atoms with Crippen molar-refractivity contribution in [1.82, 2.24) is 14.9 Å². The van der Waals surface area contributed by atoms with Gasteiger partial charge in [0, 0.05) is 42.3 Å². The maximum absolute atomic E-state index is 4.79. The summed E-state index contributed by atoms with van der Waals surface area (Å²) in [6.45, 7) is 2.11. The number of amidine groups is 1. The van der Waals surface area contributed by atoms with E-state index in [1.165, 1.54) is 10.5 Å². The standard InChI is InChI=1S/C17H20N4S/c1-4-15(21(2)3)20-17-13-9-10-22-14-8-6-5-7-12(14)16(13)18-11-19-17/h5-8,11H,4,9-10H2,1-3H3. The first-order valence-corrected chi connectivity index (χ1v) is 8.50. The number of benzene rings is 1. The highest BCUT2D eigenvalue weighted by atomic mass is 32.2. The summed E-state index contributed by atoms with van der Waals surface area (Å²) >= 11 is 1.88. The average Bonchev–Trinajstić information content (AvgIpc) is 2.72. The van der Waals surface area contributed by atoms with E-state index in [4.69, 9.17) is 4.99 Å². The summed E-state index contributed by atoms with van der Waals surface area (Å²) < 4.78 is 0. The molecule has 1 aromatic heterocycles. The van der Waals surface area contributed by atoms with Gasteiger partial charge in [0.2, 0.25) is 0 Å². The first-order chi connectivity index (χ1) is 10.7. The molecule has 0 amide bonds. The number of thioether (sulfide) groups is 1. The number of hydrogen-bond donors (Lipinski definition) is 0. The van der Waals surface area contributed by atoms with Crippen molar-refractivity contribution in [2.75, 3.05) is 19.8 Å². The summed E-state index contributed by atoms with van der Waals surface area (Å²) in [5.41, 5.74) is 3.39. The Kier molecular flexibility index (Phi) is 4.43. The van der Waals surface area contributed by atoms with Gasteiger partial charge in [-0.2, -0.15) is 0 Å². The third-order valence-corrected chi connectivity index (χ3v) is 4.82. The fourth-order valence-electron chi connectivity index (χ4n) is 2.63. The SMILES string of the molecule is CCC(=Nc1ncnc2c1CCSc1ccccc1-2)N(C)C. The van der Waals surface area contributed by atoms with E-state index in [1.807, 2.05) is 30.8 Å². The molecule has 0 spiro atoms. The second-order valence-corrected chi connectivity index (χ2v) is 6.53. The predicted octanol–water partition coefficient (Wildman–Crippen LogP) is 3.79. The Labute approximate surface area is 135 Å². The minimum absolute atomic E-state index is 0.813. The lowest BCUT2D eigenvalue weighted by molar-refractivity contribution is 0.607. The Morgan fingerprint density at radius 3 is 2.86 bits per heavy atom. The molecule has 0 saturated carbocycles. The molecule has 1 aromatic carbocycles. The smallest absolute Gasteiger partial charge is 0.161 e. The van der Waals surface area contributed by atoms with Gasteiger partial charge in [0.05, 0.1) is 5.69 Å². The minimum Gasteiger partial charge on any atom is -0.366 e. The lowest BCUT2D eigenvalue weighted by Crippen LogP contribution is -2.20. The molecule has 0 radical (unpaired) electrons. The highest BCUT2D eigenvalue weighted by molar-refractivity contribution is 7.99. The molecular weight excluding hydrogens is 292 g/mol. The van der Waals surface area contributed by atoms with Gasteiger partial charge >= 0.3 is 0 Å². The molecule has 1 aliphatic heterocycles. The molecule has 0 atom stereocenters. The van der Waals surface area contributed by atoms with Gasteiger partial charge < -0.3 is 4.90 Å². The quantitative estimate of drug-likeness (QED) is 0.625. The molecule has 0 N–H and O–H groups in total. The molecule has 5 heteroatoms. The topological polar surface area (TPSA) is 41.4 Å². The lowest BCUT2D eigenvalue weighted by Gasteiger charge is -2.15. The average molecular weight is 312 g/mol. The van der Waals surface area contributed by atoms with Crippen molar-refractivity contribution in [2.24, 2.45) is 4.99 Å². The Hall–Kier alpha value is -1.88. The molecule has 2 heterocycles. The van der Waals surface area contributed by atoms with E-state index in [-0.39, 0.29) is 0 Å². The van der Waals surface area contributed by atoms with Gasteiger partial charge in [-0.05, 0) is 12.5 Å². The fourth-order valence-corrected chi connectivity index (χ4v) is 3.65. The molecule has 3 rings (SSSR count). The molecule has 0 fully saturated rings. The number of hydrogen-bond acceptors (Lipinski definition) is 4. The summed E-state index contributed by atoms with van der Waals surface area (Å²) in [5.74, 6) is 2.88. The molecule has 1 aliphatic rings. The number of aromatic nitrogens is 2. The van der Waals surface area contributed by atoms with Crippen LogP contribution in [0.3, 0.4) is 0 Å². The van der Waals surface area contributed by atoms with Gasteiger partial charge in [0.15, 0.2) is 5.82 Å². The van der Waals surface area contributed by atoms with Crippen LogP contribution in [0, 0.1) is 0 Å². The van der Waals surface area contributed by atoms with Crippen LogP contribution < -0.4 is 0 Å². The Bertz CT molecular complexity index is 710. The largest absolute Gasteiger partial charge is 0.366 e. The third-order valence-electron chi connectivity index (χ3n) is 3.74. The predicted molar refractivity (Wildman–Crippen MR) is 93.0 cm³/mol. The number of aliphatic imine (C=N–C) groups is 1. The van der Waals surface area contributed by atoms with Gasteiger partial charge in [-0.25, -0.2) is 15.0 Å². The Morgan fingerprint density at radius 2 is 2.09 bits per heavy atom. The van der Waals surface area contributed by atoms with Crippen LogP contribution in [-0.2, 0) is 6.42 Å². The Morgan fingerprint density at radius 1 is 1.27 bits per heavy atom. The molecule has 4 nitrogen and oxygen atoms in total. The van der Waals surface area contributed by atoms with Crippen molar-refractivity contribution in [2.45, 2.75) is 24.7 Å². The molecule has 0 unspecified atom stereocenters. The molecule has 0 aliphatic carbocycles. The molecule has 0 saturated heterocycles. The van der Waals surface area contributed by atoms with Gasteiger partial charge in [-0.3, -0.25) is 0 Å². The van der Waals surface area contributed by atoms with E-state index < -0.39 is 0 Å². The summed E-state index contributed by atoms with van der Waals surface area (Å²) in [6.07, 6.45) is 3.46. The molecular formula is C17H20N4S. The first-order valence-electron chi connectivity index (χ1n) is 7.51. The second-order valence-electron chi connectivity index (χ2n) is 5.40. The van der Waals surface area contributed by atoms with Gasteiger partial charge in [-0.15, -0.1) is 11.8 Å². The summed E-state index contributed by atoms with van der Waals surface area (Å²) in [5, 5.41) is 0. The lowest BCUT2D eigenvalue weighted by atomic mass is 10.0. The maximum atomic E-state index is 4.79. The van der Waals surface area contributed by atoms with E-state index in [1.54, 1.807) is 6.33 Å². The van der Waals surface area contributed by atoms with Crippen molar-refractivity contribution in [1.29, 1.82) is 0 Å². The van der Waals surface area contributed by atoms with Crippen LogP contribution in [0.15, 0.2) is 40.5 Å². The second kappa shape index (κ2) is 6.48. The van der Waals surface area contributed by atoms with Crippen LogP contribution in [0.4, 0.5) is 5.82 Å². The van der Waals surface area contributed by atoms with Crippen molar-refractivity contribution < 1.29 is 0 Å². The minimum atomic E-state index is 0.813. The normalized spacial score (nSPS) is 14.0. The highest BCUT2D eigenvalue weighted by Gasteiger charge is 2.19. The number of fused-ring (bicyclic) bond motifs is 3. The van der Waals surface area contributed by atoms with Gasteiger partial charge in [0.25, 0.3) is 0 Å². The summed E-state index contributed by atoms with van der Waals surface area (Å²) in [7, 11) is 4.04. The fraction of sp³-hybridized carbons (Fsp3) is 0.353. The van der Waals surface area contributed by atoms with E-state index in [9.17, 15) is 0 Å².